The monoisotopic (exact) mass is 374 g/mol. The minimum absolute atomic E-state index is 0.185. The first-order chi connectivity index (χ1) is 12.5. The lowest BCUT2D eigenvalue weighted by molar-refractivity contribution is 0.586. The van der Waals surface area contributed by atoms with E-state index in [9.17, 15) is 8.42 Å². The van der Waals surface area contributed by atoms with Crippen LogP contribution in [0.15, 0.2) is 65.7 Å². The summed E-state index contributed by atoms with van der Waals surface area (Å²) in [6, 6.07) is 20.6. The Labute approximate surface area is 155 Å². The molecule has 0 bridgehead atoms. The molecule has 2 aromatic rings. The van der Waals surface area contributed by atoms with Crippen LogP contribution >= 0.6 is 0 Å². The molecule has 0 unspecified atom stereocenters. The van der Waals surface area contributed by atoms with Crippen LogP contribution in [0.5, 0.6) is 0 Å². The number of hydrogen-bond acceptors (Lipinski definition) is 3. The molecule has 0 saturated heterocycles. The number of guanidine groups is 1. The van der Waals surface area contributed by atoms with E-state index >= 15 is 0 Å². The topological polar surface area (TPSA) is 82.6 Å². The van der Waals surface area contributed by atoms with Crippen LogP contribution < -0.4 is 15.4 Å². The maximum atomic E-state index is 11.1. The number of nitrogens with one attached hydrogen (secondary N) is 3. The van der Waals surface area contributed by atoms with Crippen molar-refractivity contribution >= 4 is 16.0 Å². The molecule has 0 aliphatic rings. The van der Waals surface area contributed by atoms with E-state index in [1.165, 1.54) is 11.1 Å². The lowest BCUT2D eigenvalue weighted by Gasteiger charge is -2.20. The van der Waals surface area contributed by atoms with E-state index in [0.717, 1.165) is 6.26 Å². The Morgan fingerprint density at radius 2 is 1.46 bits per heavy atom. The molecule has 0 aromatic heterocycles. The average Bonchev–Trinajstić information content (AvgIpc) is 2.64. The molecular weight excluding hydrogens is 348 g/mol. The molecule has 3 N–H and O–H groups in total. The summed E-state index contributed by atoms with van der Waals surface area (Å²) in [6.07, 6.45) is 1.14. The van der Waals surface area contributed by atoms with Crippen LogP contribution in [-0.2, 0) is 10.0 Å². The Balaban J connectivity index is 1.97. The van der Waals surface area contributed by atoms with Crippen molar-refractivity contribution in [3.63, 3.8) is 0 Å². The maximum absolute atomic E-state index is 11.1. The van der Waals surface area contributed by atoms with Gasteiger partial charge in [-0.1, -0.05) is 60.7 Å². The predicted octanol–water partition coefficient (Wildman–Crippen LogP) is 1.53. The molecule has 140 valence electrons. The van der Waals surface area contributed by atoms with E-state index in [1.807, 2.05) is 36.4 Å². The first kappa shape index (κ1) is 19.9. The summed E-state index contributed by atoms with van der Waals surface area (Å²) >= 11 is 0. The van der Waals surface area contributed by atoms with Gasteiger partial charge in [0.25, 0.3) is 0 Å². The van der Waals surface area contributed by atoms with E-state index in [-0.39, 0.29) is 5.92 Å². The maximum Gasteiger partial charge on any atom is 0.208 e. The van der Waals surface area contributed by atoms with E-state index in [2.05, 4.69) is 44.6 Å². The molecule has 0 atom stereocenters. The Morgan fingerprint density at radius 3 is 1.92 bits per heavy atom. The summed E-state index contributed by atoms with van der Waals surface area (Å²) in [4.78, 5) is 4.20. The molecule has 7 heteroatoms. The van der Waals surface area contributed by atoms with Crippen molar-refractivity contribution in [1.29, 1.82) is 0 Å². The van der Waals surface area contributed by atoms with Crippen molar-refractivity contribution < 1.29 is 8.42 Å². The van der Waals surface area contributed by atoms with Crippen molar-refractivity contribution in [3.8, 4) is 0 Å². The van der Waals surface area contributed by atoms with Gasteiger partial charge in [-0.05, 0) is 11.1 Å². The third-order valence-electron chi connectivity index (χ3n) is 3.88. The van der Waals surface area contributed by atoms with E-state index in [0.29, 0.717) is 25.6 Å². The van der Waals surface area contributed by atoms with E-state index < -0.39 is 10.0 Å². The van der Waals surface area contributed by atoms with Gasteiger partial charge < -0.3 is 10.6 Å². The third kappa shape index (κ3) is 6.85. The van der Waals surface area contributed by atoms with Crippen molar-refractivity contribution in [1.82, 2.24) is 15.4 Å². The molecule has 0 radical (unpaired) electrons. The highest BCUT2D eigenvalue weighted by Gasteiger charge is 2.14. The minimum Gasteiger partial charge on any atom is -0.355 e. The second-order valence-corrected chi connectivity index (χ2v) is 7.75. The van der Waals surface area contributed by atoms with Gasteiger partial charge in [0, 0.05) is 32.6 Å². The zero-order chi connectivity index (χ0) is 18.8. The summed E-state index contributed by atoms with van der Waals surface area (Å²) in [5.74, 6) is 0.822. The number of benzene rings is 2. The van der Waals surface area contributed by atoms with E-state index in [1.54, 1.807) is 7.05 Å². The fourth-order valence-electron chi connectivity index (χ4n) is 2.64. The molecule has 0 amide bonds. The Hall–Kier alpha value is -2.38. The molecule has 6 nitrogen and oxygen atoms in total. The molecular formula is C19H26N4O2S. The number of aliphatic imine (C=N–C) groups is 1. The van der Waals surface area contributed by atoms with Crippen LogP contribution in [0.1, 0.15) is 17.0 Å². The van der Waals surface area contributed by atoms with Gasteiger partial charge in [-0.3, -0.25) is 4.99 Å². The first-order valence-corrected chi connectivity index (χ1v) is 10.4. The van der Waals surface area contributed by atoms with E-state index in [4.69, 9.17) is 0 Å². The van der Waals surface area contributed by atoms with Crippen LogP contribution in [0.3, 0.4) is 0 Å². The number of rotatable bonds is 8. The Morgan fingerprint density at radius 1 is 0.923 bits per heavy atom. The van der Waals surface area contributed by atoms with Gasteiger partial charge >= 0.3 is 0 Å². The highest BCUT2D eigenvalue weighted by atomic mass is 32.2. The smallest absolute Gasteiger partial charge is 0.208 e. The van der Waals surface area contributed by atoms with Gasteiger partial charge in [0.1, 0.15) is 0 Å². The van der Waals surface area contributed by atoms with Crippen molar-refractivity contribution in [2.45, 2.75) is 5.92 Å². The number of sulfonamides is 1. The van der Waals surface area contributed by atoms with Crippen molar-refractivity contribution in [2.75, 3.05) is 32.9 Å². The average molecular weight is 375 g/mol. The molecule has 0 spiro atoms. The predicted molar refractivity (Wildman–Crippen MR) is 107 cm³/mol. The second-order valence-electron chi connectivity index (χ2n) is 5.92. The first-order valence-electron chi connectivity index (χ1n) is 8.48. The molecule has 2 rings (SSSR count). The highest BCUT2D eigenvalue weighted by Crippen LogP contribution is 2.23. The second kappa shape index (κ2) is 9.94. The Bertz CT molecular complexity index is 753. The fraction of sp³-hybridized carbons (Fsp3) is 0.316. The number of hydrogen-bond donors (Lipinski definition) is 3. The zero-order valence-electron chi connectivity index (χ0n) is 15.1. The minimum atomic E-state index is -3.18. The Kier molecular flexibility index (Phi) is 7.62. The summed E-state index contributed by atoms with van der Waals surface area (Å²) < 4.78 is 24.6. The molecule has 0 aliphatic carbocycles. The third-order valence-corrected chi connectivity index (χ3v) is 4.61. The van der Waals surface area contributed by atoms with Crippen LogP contribution in [0.25, 0.3) is 0 Å². The summed E-state index contributed by atoms with van der Waals surface area (Å²) in [7, 11) is -1.48. The SMILES string of the molecule is CN=C(NCCNS(C)(=O)=O)NCC(c1ccccc1)c1ccccc1. The lowest BCUT2D eigenvalue weighted by Crippen LogP contribution is -2.42. The fourth-order valence-corrected chi connectivity index (χ4v) is 3.11. The standard InChI is InChI=1S/C19H26N4O2S/c1-20-19(21-13-14-23-26(2,24)25)22-15-18(16-9-5-3-6-10-16)17-11-7-4-8-12-17/h3-12,18,23H,13-15H2,1-2H3,(H2,20,21,22). The van der Waals surface area contributed by atoms with Crippen LogP contribution in [-0.4, -0.2) is 47.3 Å². The van der Waals surface area contributed by atoms with Gasteiger partial charge in [0.05, 0.1) is 6.26 Å². The number of nitrogens with zero attached hydrogens (tertiary/aromatic N) is 1. The van der Waals surface area contributed by atoms with Crippen molar-refractivity contribution in [3.05, 3.63) is 71.8 Å². The molecule has 0 saturated carbocycles. The van der Waals surface area contributed by atoms with Crippen LogP contribution in [0.4, 0.5) is 0 Å². The molecule has 26 heavy (non-hydrogen) atoms. The summed E-state index contributed by atoms with van der Waals surface area (Å²) in [5.41, 5.74) is 2.45. The van der Waals surface area contributed by atoms with Gasteiger partial charge in [-0.25, -0.2) is 13.1 Å². The lowest BCUT2D eigenvalue weighted by atomic mass is 9.91. The summed E-state index contributed by atoms with van der Waals surface area (Å²) in [5, 5.41) is 6.44. The van der Waals surface area contributed by atoms with Crippen molar-refractivity contribution in [2.24, 2.45) is 4.99 Å². The molecule has 0 aliphatic heterocycles. The van der Waals surface area contributed by atoms with Gasteiger partial charge in [-0.2, -0.15) is 0 Å². The molecule has 2 aromatic carbocycles. The van der Waals surface area contributed by atoms with Crippen LogP contribution in [0.2, 0.25) is 0 Å². The normalized spacial score (nSPS) is 12.2. The van der Waals surface area contributed by atoms with Gasteiger partial charge in [0.15, 0.2) is 5.96 Å². The van der Waals surface area contributed by atoms with Gasteiger partial charge in [0.2, 0.25) is 10.0 Å². The summed E-state index contributed by atoms with van der Waals surface area (Å²) in [6.45, 7) is 1.43. The zero-order valence-corrected chi connectivity index (χ0v) is 16.0. The quantitative estimate of drug-likeness (QED) is 0.372. The largest absolute Gasteiger partial charge is 0.355 e. The highest BCUT2D eigenvalue weighted by molar-refractivity contribution is 7.88. The molecule has 0 heterocycles. The molecule has 0 fully saturated rings. The van der Waals surface area contributed by atoms with Crippen LogP contribution in [0, 0.1) is 0 Å². The van der Waals surface area contributed by atoms with Gasteiger partial charge in [-0.15, -0.1) is 0 Å².